The summed E-state index contributed by atoms with van der Waals surface area (Å²) in [7, 11) is 0. The smallest absolute Gasteiger partial charge is 0.270 e. The first-order chi connectivity index (χ1) is 13.6. The van der Waals surface area contributed by atoms with Crippen LogP contribution in [0.3, 0.4) is 0 Å². The third-order valence-corrected chi connectivity index (χ3v) is 5.76. The maximum atomic E-state index is 13.9. The second kappa shape index (κ2) is 7.75. The molecule has 1 aromatic heterocycles. The molecular formula is C21H25FN4O2. The minimum Gasteiger partial charge on any atom is -0.357 e. The van der Waals surface area contributed by atoms with Gasteiger partial charge in [-0.25, -0.2) is 4.39 Å². The number of likely N-dealkylation sites (tertiary alicyclic amines) is 2. The van der Waals surface area contributed by atoms with Gasteiger partial charge in [-0.1, -0.05) is 12.1 Å². The molecule has 0 radical (unpaired) electrons. The largest absolute Gasteiger partial charge is 0.357 e. The Bertz CT molecular complexity index is 854. The van der Waals surface area contributed by atoms with Crippen molar-refractivity contribution < 1.29 is 14.0 Å². The van der Waals surface area contributed by atoms with Crippen LogP contribution in [-0.2, 0) is 4.79 Å². The third-order valence-electron chi connectivity index (χ3n) is 5.76. The van der Waals surface area contributed by atoms with E-state index in [1.165, 1.54) is 12.1 Å². The molecule has 7 heteroatoms. The van der Waals surface area contributed by atoms with E-state index in [2.05, 4.69) is 15.2 Å². The highest BCUT2D eigenvalue weighted by Gasteiger charge is 2.49. The predicted octanol–water partition coefficient (Wildman–Crippen LogP) is 2.04. The number of hydrogen-bond donors (Lipinski definition) is 2. The van der Waals surface area contributed by atoms with Crippen molar-refractivity contribution in [3.8, 4) is 0 Å². The van der Waals surface area contributed by atoms with Gasteiger partial charge < -0.3 is 15.2 Å². The van der Waals surface area contributed by atoms with Crippen molar-refractivity contribution in [3.63, 3.8) is 0 Å². The van der Waals surface area contributed by atoms with Gasteiger partial charge in [-0.2, -0.15) is 0 Å². The Morgan fingerprint density at radius 1 is 1.21 bits per heavy atom. The van der Waals surface area contributed by atoms with E-state index in [4.69, 9.17) is 0 Å². The van der Waals surface area contributed by atoms with Gasteiger partial charge in [0.2, 0.25) is 5.91 Å². The Balaban J connectivity index is 1.59. The molecule has 2 aliphatic heterocycles. The number of hydrogen-bond acceptors (Lipinski definition) is 3. The number of aromatic nitrogens is 1. The molecule has 6 nitrogen and oxygen atoms in total. The number of halogens is 1. The van der Waals surface area contributed by atoms with E-state index in [-0.39, 0.29) is 35.5 Å². The van der Waals surface area contributed by atoms with Crippen LogP contribution in [0.15, 0.2) is 42.6 Å². The number of carbonyl (C=O) groups is 2. The quantitative estimate of drug-likeness (QED) is 0.829. The molecule has 2 fully saturated rings. The average molecular weight is 384 g/mol. The third kappa shape index (κ3) is 3.54. The first-order valence-electron chi connectivity index (χ1n) is 9.75. The monoisotopic (exact) mass is 384 g/mol. The topological polar surface area (TPSA) is 68.4 Å². The van der Waals surface area contributed by atoms with Gasteiger partial charge >= 0.3 is 0 Å². The summed E-state index contributed by atoms with van der Waals surface area (Å²) in [5, 5.41) is 2.84. The molecule has 2 saturated heterocycles. The van der Waals surface area contributed by atoms with Crippen LogP contribution in [0.4, 0.5) is 4.39 Å². The van der Waals surface area contributed by atoms with Gasteiger partial charge in [0.25, 0.3) is 5.91 Å². The van der Waals surface area contributed by atoms with Gasteiger partial charge in [0, 0.05) is 38.3 Å². The van der Waals surface area contributed by atoms with Crippen molar-refractivity contribution in [3.05, 3.63) is 59.7 Å². The van der Waals surface area contributed by atoms with Crippen molar-refractivity contribution in [1.29, 1.82) is 0 Å². The van der Waals surface area contributed by atoms with Crippen molar-refractivity contribution in [2.24, 2.45) is 11.8 Å². The summed E-state index contributed by atoms with van der Waals surface area (Å²) < 4.78 is 13.9. The van der Waals surface area contributed by atoms with E-state index in [1.807, 2.05) is 17.9 Å². The SMILES string of the molecule is CCNC(=O)CN1C[C@H]2CN(C(=O)c3ccc[nH]3)[C@@H](c3cccc(F)c3)[C@H]2C1. The molecule has 3 atom stereocenters. The second-order valence-electron chi connectivity index (χ2n) is 7.61. The van der Waals surface area contributed by atoms with Crippen molar-refractivity contribution in [1.82, 2.24) is 20.1 Å². The molecule has 0 spiro atoms. The molecule has 0 bridgehead atoms. The molecule has 2 aliphatic rings. The molecule has 0 unspecified atom stereocenters. The van der Waals surface area contributed by atoms with E-state index >= 15 is 0 Å². The Hall–Kier alpha value is -2.67. The first kappa shape index (κ1) is 18.7. The van der Waals surface area contributed by atoms with Crippen molar-refractivity contribution >= 4 is 11.8 Å². The number of nitrogens with one attached hydrogen (secondary N) is 2. The fraction of sp³-hybridized carbons (Fsp3) is 0.429. The average Bonchev–Trinajstić information content (AvgIpc) is 3.37. The first-order valence-corrected chi connectivity index (χ1v) is 9.75. The molecule has 2 N–H and O–H groups in total. The summed E-state index contributed by atoms with van der Waals surface area (Å²) in [6.07, 6.45) is 1.73. The molecule has 148 valence electrons. The fourth-order valence-electron chi connectivity index (χ4n) is 4.67. The van der Waals surface area contributed by atoms with Crippen molar-refractivity contribution in [2.75, 3.05) is 32.7 Å². The van der Waals surface area contributed by atoms with E-state index < -0.39 is 0 Å². The van der Waals surface area contributed by atoms with Crippen LogP contribution >= 0.6 is 0 Å². The van der Waals surface area contributed by atoms with Crippen molar-refractivity contribution in [2.45, 2.75) is 13.0 Å². The summed E-state index contributed by atoms with van der Waals surface area (Å²) >= 11 is 0. The van der Waals surface area contributed by atoms with Gasteiger partial charge in [-0.05, 0) is 42.7 Å². The number of H-pyrrole nitrogens is 1. The van der Waals surface area contributed by atoms with Crippen LogP contribution in [0.1, 0.15) is 29.0 Å². The van der Waals surface area contributed by atoms with Gasteiger partial charge in [0.05, 0.1) is 12.6 Å². The summed E-state index contributed by atoms with van der Waals surface area (Å²) in [5.41, 5.74) is 1.35. The van der Waals surface area contributed by atoms with Gasteiger partial charge in [-0.3, -0.25) is 14.5 Å². The molecule has 0 saturated carbocycles. The zero-order chi connectivity index (χ0) is 19.7. The van der Waals surface area contributed by atoms with Crippen LogP contribution in [0.2, 0.25) is 0 Å². The second-order valence-corrected chi connectivity index (χ2v) is 7.61. The highest BCUT2D eigenvalue weighted by atomic mass is 19.1. The lowest BCUT2D eigenvalue weighted by atomic mass is 9.89. The molecule has 1 aromatic carbocycles. The van der Waals surface area contributed by atoms with Crippen LogP contribution in [0, 0.1) is 17.7 Å². The van der Waals surface area contributed by atoms with Crippen LogP contribution in [0.5, 0.6) is 0 Å². The minimum absolute atomic E-state index is 0.0177. The zero-order valence-corrected chi connectivity index (χ0v) is 15.9. The van der Waals surface area contributed by atoms with E-state index in [1.54, 1.807) is 24.4 Å². The van der Waals surface area contributed by atoms with Crippen LogP contribution < -0.4 is 5.32 Å². The van der Waals surface area contributed by atoms with Gasteiger partial charge in [-0.15, -0.1) is 0 Å². The Morgan fingerprint density at radius 3 is 2.79 bits per heavy atom. The number of rotatable bonds is 5. The number of aromatic amines is 1. The lowest BCUT2D eigenvalue weighted by Crippen LogP contribution is -2.39. The number of amides is 2. The molecule has 4 rings (SSSR count). The number of carbonyl (C=O) groups excluding carboxylic acids is 2. The number of benzene rings is 1. The Labute approximate surface area is 163 Å². The highest BCUT2D eigenvalue weighted by molar-refractivity contribution is 5.93. The summed E-state index contributed by atoms with van der Waals surface area (Å²) in [4.78, 5) is 32.0. The molecular weight excluding hydrogens is 359 g/mol. The highest BCUT2D eigenvalue weighted by Crippen LogP contribution is 2.45. The van der Waals surface area contributed by atoms with Crippen LogP contribution in [0.25, 0.3) is 0 Å². The van der Waals surface area contributed by atoms with Gasteiger partial charge in [0.15, 0.2) is 0 Å². The normalized spacial score (nSPS) is 24.4. The number of nitrogens with zero attached hydrogens (tertiary/aromatic N) is 2. The number of fused-ring (bicyclic) bond motifs is 1. The predicted molar refractivity (Wildman–Crippen MR) is 103 cm³/mol. The van der Waals surface area contributed by atoms with E-state index in [0.717, 1.165) is 18.7 Å². The van der Waals surface area contributed by atoms with E-state index in [9.17, 15) is 14.0 Å². The Morgan fingerprint density at radius 2 is 2.07 bits per heavy atom. The lowest BCUT2D eigenvalue weighted by molar-refractivity contribution is -0.122. The maximum absolute atomic E-state index is 13.9. The summed E-state index contributed by atoms with van der Waals surface area (Å²) in [5.74, 6) is 0.0928. The molecule has 2 aromatic rings. The Kier molecular flexibility index (Phi) is 5.17. The minimum atomic E-state index is -0.301. The number of likely N-dealkylation sites (N-methyl/N-ethyl adjacent to an activating group) is 1. The molecule has 28 heavy (non-hydrogen) atoms. The fourth-order valence-corrected chi connectivity index (χ4v) is 4.67. The zero-order valence-electron chi connectivity index (χ0n) is 15.9. The maximum Gasteiger partial charge on any atom is 0.270 e. The van der Waals surface area contributed by atoms with Gasteiger partial charge in [0.1, 0.15) is 11.5 Å². The standard InChI is InChI=1S/C21H25FN4O2/c1-2-23-19(27)13-25-10-15-11-26(21(28)18-7-4-8-24-18)20(17(15)12-25)14-5-3-6-16(22)9-14/h3-9,15,17,20,24H,2,10-13H2,1H3,(H,23,27)/t15-,17-,20-/m0/s1. The molecule has 2 amide bonds. The summed E-state index contributed by atoms with van der Waals surface area (Å²) in [6, 6.07) is 9.89. The lowest BCUT2D eigenvalue weighted by Gasteiger charge is -2.29. The molecule has 0 aliphatic carbocycles. The summed E-state index contributed by atoms with van der Waals surface area (Å²) in [6.45, 7) is 4.97. The van der Waals surface area contributed by atoms with Crippen LogP contribution in [-0.4, -0.2) is 59.3 Å². The van der Waals surface area contributed by atoms with E-state index in [0.29, 0.717) is 25.3 Å². The molecule has 3 heterocycles.